The van der Waals surface area contributed by atoms with E-state index in [1.54, 1.807) is 6.07 Å². The van der Waals surface area contributed by atoms with Crippen molar-refractivity contribution in [1.29, 1.82) is 0 Å². The first-order chi connectivity index (χ1) is 8.37. The summed E-state index contributed by atoms with van der Waals surface area (Å²) in [4.78, 5) is 12.6. The lowest BCUT2D eigenvalue weighted by Crippen LogP contribution is -2.42. The Bertz CT molecular complexity index is 545. The summed E-state index contributed by atoms with van der Waals surface area (Å²) in [5.41, 5.74) is 1.02. The molecule has 1 aliphatic heterocycles. The molecule has 1 amide bonds. The number of aryl methyl sites for hydroxylation is 1. The van der Waals surface area contributed by atoms with Crippen molar-refractivity contribution in [2.45, 2.75) is 25.8 Å². The second-order valence-corrected chi connectivity index (χ2v) is 9.09. The van der Waals surface area contributed by atoms with Crippen molar-refractivity contribution in [1.82, 2.24) is 5.32 Å². The average Bonchev–Trinajstić information content (AvgIpc) is 2.58. The molecule has 0 radical (unpaired) electrons. The van der Waals surface area contributed by atoms with E-state index in [1.165, 1.54) is 11.3 Å². The van der Waals surface area contributed by atoms with Gasteiger partial charge in [0.15, 0.2) is 9.84 Å². The Labute approximate surface area is 119 Å². The molecule has 1 atom stereocenters. The molecular weight excluding hydrogens is 338 g/mol. The number of amides is 1. The summed E-state index contributed by atoms with van der Waals surface area (Å²) < 4.78 is 23.9. The van der Waals surface area contributed by atoms with Gasteiger partial charge in [-0.1, -0.05) is 0 Å². The maximum Gasteiger partial charge on any atom is 0.261 e. The summed E-state index contributed by atoms with van der Waals surface area (Å²) in [5.74, 6) is 0.115. The Morgan fingerprint density at radius 2 is 2.28 bits per heavy atom. The van der Waals surface area contributed by atoms with Crippen LogP contribution in [0.2, 0.25) is 0 Å². The molecule has 2 rings (SSSR count). The number of rotatable bonds is 2. The highest BCUT2D eigenvalue weighted by atomic mass is 79.9. The summed E-state index contributed by atoms with van der Waals surface area (Å²) >= 11 is 4.74. The zero-order chi connectivity index (χ0) is 13.3. The number of carbonyl (C=O) groups is 1. The fourth-order valence-electron chi connectivity index (χ4n) is 1.96. The molecule has 0 aliphatic carbocycles. The van der Waals surface area contributed by atoms with E-state index in [4.69, 9.17) is 0 Å². The van der Waals surface area contributed by atoms with Gasteiger partial charge in [0.05, 0.1) is 20.2 Å². The molecular formula is C11H14BrNO3S2. The van der Waals surface area contributed by atoms with Gasteiger partial charge in [-0.15, -0.1) is 11.3 Å². The van der Waals surface area contributed by atoms with E-state index in [0.717, 1.165) is 15.8 Å². The molecule has 1 aromatic rings. The minimum Gasteiger partial charge on any atom is -0.348 e. The standard InChI is InChI=1S/C11H14BrNO3S2/c1-7-5-9(17-10(7)12)11(14)13-8-3-2-4-18(15,16)6-8/h5,8H,2-4,6H2,1H3,(H,13,14). The highest BCUT2D eigenvalue weighted by Gasteiger charge is 2.26. The molecule has 7 heteroatoms. The van der Waals surface area contributed by atoms with Crippen LogP contribution >= 0.6 is 27.3 Å². The molecule has 100 valence electrons. The van der Waals surface area contributed by atoms with Crippen molar-refractivity contribution in [2.75, 3.05) is 11.5 Å². The third-order valence-electron chi connectivity index (χ3n) is 2.88. The SMILES string of the molecule is Cc1cc(C(=O)NC2CCCS(=O)(=O)C2)sc1Br. The minimum absolute atomic E-state index is 0.0598. The molecule has 0 bridgehead atoms. The van der Waals surface area contributed by atoms with Crippen LogP contribution in [-0.4, -0.2) is 31.9 Å². The lowest BCUT2D eigenvalue weighted by Gasteiger charge is -2.22. The van der Waals surface area contributed by atoms with Gasteiger partial charge < -0.3 is 5.32 Å². The Kier molecular flexibility index (Phi) is 4.13. The predicted molar refractivity (Wildman–Crippen MR) is 75.9 cm³/mol. The Morgan fingerprint density at radius 1 is 1.56 bits per heavy atom. The molecule has 18 heavy (non-hydrogen) atoms. The number of hydrogen-bond acceptors (Lipinski definition) is 4. The first kappa shape index (κ1) is 14.0. The summed E-state index contributed by atoms with van der Waals surface area (Å²) in [5, 5.41) is 2.80. The van der Waals surface area contributed by atoms with E-state index >= 15 is 0 Å². The van der Waals surface area contributed by atoms with Gasteiger partial charge in [0.2, 0.25) is 0 Å². The van der Waals surface area contributed by atoms with E-state index < -0.39 is 9.84 Å². The summed E-state index contributed by atoms with van der Waals surface area (Å²) in [6, 6.07) is 1.55. The Hall–Kier alpha value is -0.400. The maximum absolute atomic E-state index is 12.0. The quantitative estimate of drug-likeness (QED) is 0.887. The molecule has 1 aromatic heterocycles. The van der Waals surface area contributed by atoms with Crippen LogP contribution in [0.1, 0.15) is 28.1 Å². The second-order valence-electron chi connectivity index (χ2n) is 4.49. The molecule has 1 fully saturated rings. The topological polar surface area (TPSA) is 63.2 Å². The lowest BCUT2D eigenvalue weighted by atomic mass is 10.2. The normalized spacial score (nSPS) is 22.7. The van der Waals surface area contributed by atoms with Crippen molar-refractivity contribution in [3.05, 3.63) is 20.3 Å². The van der Waals surface area contributed by atoms with Gasteiger partial charge >= 0.3 is 0 Å². The van der Waals surface area contributed by atoms with Crippen molar-refractivity contribution in [3.63, 3.8) is 0 Å². The van der Waals surface area contributed by atoms with E-state index in [2.05, 4.69) is 21.2 Å². The molecule has 0 aromatic carbocycles. The van der Waals surface area contributed by atoms with Crippen molar-refractivity contribution >= 4 is 43.0 Å². The van der Waals surface area contributed by atoms with Crippen molar-refractivity contribution < 1.29 is 13.2 Å². The van der Waals surface area contributed by atoms with Gasteiger partial charge in [-0.2, -0.15) is 0 Å². The fraction of sp³-hybridized carbons (Fsp3) is 0.545. The molecule has 1 unspecified atom stereocenters. The molecule has 1 aliphatic rings. The smallest absolute Gasteiger partial charge is 0.261 e. The number of hydrogen-bond donors (Lipinski definition) is 1. The number of nitrogens with one attached hydrogen (secondary N) is 1. The highest BCUT2D eigenvalue weighted by molar-refractivity contribution is 9.11. The van der Waals surface area contributed by atoms with Crippen LogP contribution in [0.4, 0.5) is 0 Å². The minimum atomic E-state index is -2.98. The molecule has 0 saturated carbocycles. The van der Waals surface area contributed by atoms with E-state index in [9.17, 15) is 13.2 Å². The Balaban J connectivity index is 2.03. The zero-order valence-corrected chi connectivity index (χ0v) is 13.1. The first-order valence-corrected chi connectivity index (χ1v) is 9.08. The van der Waals surface area contributed by atoms with Gasteiger partial charge in [-0.05, 0) is 47.3 Å². The van der Waals surface area contributed by atoms with Crippen LogP contribution < -0.4 is 5.32 Å². The van der Waals surface area contributed by atoms with Crippen LogP contribution in [0, 0.1) is 6.92 Å². The van der Waals surface area contributed by atoms with Crippen molar-refractivity contribution in [3.8, 4) is 0 Å². The first-order valence-electron chi connectivity index (χ1n) is 5.64. The van der Waals surface area contributed by atoms with Crippen LogP contribution in [0.3, 0.4) is 0 Å². The molecule has 1 saturated heterocycles. The van der Waals surface area contributed by atoms with Crippen molar-refractivity contribution in [2.24, 2.45) is 0 Å². The Morgan fingerprint density at radius 3 is 2.83 bits per heavy atom. The van der Waals surface area contributed by atoms with Crippen LogP contribution in [0.15, 0.2) is 9.85 Å². The molecule has 4 nitrogen and oxygen atoms in total. The van der Waals surface area contributed by atoms with Crippen LogP contribution in [-0.2, 0) is 9.84 Å². The third-order valence-corrected chi connectivity index (χ3v) is 6.84. The van der Waals surface area contributed by atoms with Gasteiger partial charge in [-0.25, -0.2) is 8.42 Å². The van der Waals surface area contributed by atoms with Gasteiger partial charge in [0.1, 0.15) is 0 Å². The fourth-order valence-corrected chi connectivity index (χ4v) is 5.04. The monoisotopic (exact) mass is 351 g/mol. The van der Waals surface area contributed by atoms with Crippen LogP contribution in [0.25, 0.3) is 0 Å². The molecule has 1 N–H and O–H groups in total. The average molecular weight is 352 g/mol. The predicted octanol–water partition coefficient (Wildman–Crippen LogP) is 2.13. The summed E-state index contributed by atoms with van der Waals surface area (Å²) in [6.45, 7) is 1.92. The number of thiophene rings is 1. The highest BCUT2D eigenvalue weighted by Crippen LogP contribution is 2.27. The lowest BCUT2D eigenvalue weighted by molar-refractivity contribution is 0.0942. The molecule has 2 heterocycles. The number of carbonyl (C=O) groups excluding carboxylic acids is 1. The summed E-state index contributed by atoms with van der Waals surface area (Å²) in [7, 11) is -2.98. The molecule has 0 spiro atoms. The largest absolute Gasteiger partial charge is 0.348 e. The maximum atomic E-state index is 12.0. The van der Waals surface area contributed by atoms with Gasteiger partial charge in [-0.3, -0.25) is 4.79 Å². The third kappa shape index (κ3) is 3.33. The summed E-state index contributed by atoms with van der Waals surface area (Å²) in [6.07, 6.45) is 1.36. The van der Waals surface area contributed by atoms with E-state index in [1.807, 2.05) is 6.92 Å². The number of halogens is 1. The van der Waals surface area contributed by atoms with E-state index in [0.29, 0.717) is 11.3 Å². The van der Waals surface area contributed by atoms with E-state index in [-0.39, 0.29) is 23.5 Å². The number of sulfone groups is 1. The second kappa shape index (κ2) is 5.30. The van der Waals surface area contributed by atoms with Gasteiger partial charge in [0.25, 0.3) is 5.91 Å². The van der Waals surface area contributed by atoms with Gasteiger partial charge in [0, 0.05) is 6.04 Å². The zero-order valence-electron chi connectivity index (χ0n) is 9.90. The van der Waals surface area contributed by atoms with Crippen LogP contribution in [0.5, 0.6) is 0 Å².